The van der Waals surface area contributed by atoms with Crippen molar-refractivity contribution < 1.29 is 9.53 Å². The Morgan fingerprint density at radius 1 is 1.41 bits per heavy atom. The molecule has 0 saturated carbocycles. The summed E-state index contributed by atoms with van der Waals surface area (Å²) in [6.45, 7) is 7.20. The monoisotopic (exact) mass is 387 g/mol. The molecule has 2 bridgehead atoms. The molecule has 0 N–H and O–H groups in total. The van der Waals surface area contributed by atoms with E-state index in [2.05, 4.69) is 25.8 Å². The van der Waals surface area contributed by atoms with Crippen LogP contribution in [-0.2, 0) is 4.74 Å². The van der Waals surface area contributed by atoms with Crippen molar-refractivity contribution in [3.05, 3.63) is 21.8 Å². The van der Waals surface area contributed by atoms with Crippen molar-refractivity contribution in [1.82, 2.24) is 9.88 Å². The summed E-state index contributed by atoms with van der Waals surface area (Å²) in [5, 5.41) is 0.647. The lowest BCUT2D eigenvalue weighted by molar-refractivity contribution is -0.0380. The van der Waals surface area contributed by atoms with E-state index in [0.29, 0.717) is 5.02 Å². The molecule has 0 spiro atoms. The number of fused-ring (bicyclic) bond motifs is 2. The fourth-order valence-corrected chi connectivity index (χ4v) is 3.35. The standard InChI is InChI=1S/C15H19BrClN3O2/c1-15(2,3)22-14(21)20-9-4-10(20)8-19(7-9)13-5-12(17)11(16)6-18-13/h5-6,9-10H,4,7-8H2,1-3H3. The second-order valence-electron chi connectivity index (χ2n) is 6.79. The molecule has 2 atom stereocenters. The van der Waals surface area contributed by atoms with Crippen LogP contribution in [-0.4, -0.2) is 46.8 Å². The largest absolute Gasteiger partial charge is 0.444 e. The topological polar surface area (TPSA) is 45.7 Å². The van der Waals surface area contributed by atoms with Crippen molar-refractivity contribution in [2.45, 2.75) is 44.9 Å². The second kappa shape index (κ2) is 5.57. The third kappa shape index (κ3) is 3.04. The first-order valence-corrected chi connectivity index (χ1v) is 8.49. The number of hydrogen-bond acceptors (Lipinski definition) is 4. The number of piperidine rings is 1. The first-order chi connectivity index (χ1) is 10.2. The molecule has 22 heavy (non-hydrogen) atoms. The van der Waals surface area contributed by atoms with Gasteiger partial charge in [0.2, 0.25) is 0 Å². The maximum atomic E-state index is 12.2. The minimum Gasteiger partial charge on any atom is -0.444 e. The number of aromatic nitrogens is 1. The molecule has 4 heterocycles. The summed E-state index contributed by atoms with van der Waals surface area (Å²) in [6, 6.07) is 2.24. The zero-order chi connectivity index (χ0) is 16.1. The van der Waals surface area contributed by atoms with Gasteiger partial charge in [-0.05, 0) is 43.1 Å². The zero-order valence-corrected chi connectivity index (χ0v) is 15.2. The van der Waals surface area contributed by atoms with Gasteiger partial charge < -0.3 is 9.64 Å². The summed E-state index contributed by atoms with van der Waals surface area (Å²) in [4.78, 5) is 20.7. The highest BCUT2D eigenvalue weighted by atomic mass is 79.9. The number of carbonyl (C=O) groups excluding carboxylic acids is 1. The SMILES string of the molecule is CC(C)(C)OC(=O)N1C2CC1CN(c1cc(Cl)c(Br)cn1)C2. The smallest absolute Gasteiger partial charge is 0.410 e. The predicted octanol–water partition coefficient (Wildman–Crippen LogP) is 3.70. The van der Waals surface area contributed by atoms with E-state index in [-0.39, 0.29) is 18.2 Å². The van der Waals surface area contributed by atoms with Crippen LogP contribution in [0.25, 0.3) is 0 Å². The fourth-order valence-electron chi connectivity index (χ4n) is 2.99. The van der Waals surface area contributed by atoms with Crippen LogP contribution in [0.5, 0.6) is 0 Å². The van der Waals surface area contributed by atoms with Crippen LogP contribution in [0.15, 0.2) is 16.7 Å². The first-order valence-electron chi connectivity index (χ1n) is 7.32. The first kappa shape index (κ1) is 15.9. The molecule has 3 fully saturated rings. The van der Waals surface area contributed by atoms with Gasteiger partial charge in [-0.2, -0.15) is 0 Å². The van der Waals surface area contributed by atoms with E-state index >= 15 is 0 Å². The van der Waals surface area contributed by atoms with Gasteiger partial charge in [0, 0.05) is 25.4 Å². The quantitative estimate of drug-likeness (QED) is 0.736. The second-order valence-corrected chi connectivity index (χ2v) is 8.05. The molecule has 0 radical (unpaired) electrons. The van der Waals surface area contributed by atoms with E-state index in [9.17, 15) is 4.79 Å². The van der Waals surface area contributed by atoms with Crippen molar-refractivity contribution in [2.24, 2.45) is 0 Å². The Balaban J connectivity index is 1.67. The third-order valence-corrected chi connectivity index (χ3v) is 5.09. The lowest BCUT2D eigenvalue weighted by Crippen LogP contribution is -2.70. The molecule has 0 aliphatic carbocycles. The summed E-state index contributed by atoms with van der Waals surface area (Å²) in [6.07, 6.45) is 2.53. The molecule has 0 aromatic carbocycles. The van der Waals surface area contributed by atoms with Gasteiger partial charge in [0.15, 0.2) is 0 Å². The molecule has 3 aliphatic rings. The Morgan fingerprint density at radius 3 is 2.59 bits per heavy atom. The lowest BCUT2D eigenvalue weighted by Gasteiger charge is -2.56. The van der Waals surface area contributed by atoms with Crippen LogP contribution in [0.4, 0.5) is 10.6 Å². The highest BCUT2D eigenvalue weighted by Crippen LogP contribution is 2.36. The molecule has 2 unspecified atom stereocenters. The summed E-state index contributed by atoms with van der Waals surface area (Å²) in [7, 11) is 0. The molecule has 3 aliphatic heterocycles. The van der Waals surface area contributed by atoms with E-state index in [1.54, 1.807) is 6.20 Å². The predicted molar refractivity (Wildman–Crippen MR) is 89.4 cm³/mol. The minimum absolute atomic E-state index is 0.192. The average molecular weight is 389 g/mol. The zero-order valence-electron chi connectivity index (χ0n) is 12.8. The van der Waals surface area contributed by atoms with Gasteiger partial charge in [-0.15, -0.1) is 0 Å². The number of rotatable bonds is 1. The molecule has 1 aromatic rings. The van der Waals surface area contributed by atoms with E-state index < -0.39 is 5.60 Å². The molecule has 3 saturated heterocycles. The Kier molecular flexibility index (Phi) is 4.01. The van der Waals surface area contributed by atoms with Crippen LogP contribution in [0.2, 0.25) is 5.02 Å². The number of halogens is 2. The van der Waals surface area contributed by atoms with Gasteiger partial charge in [0.1, 0.15) is 11.4 Å². The number of carbonyl (C=O) groups is 1. The number of piperazine rings is 1. The number of ether oxygens (including phenoxy) is 1. The Morgan fingerprint density at radius 2 is 2.05 bits per heavy atom. The van der Waals surface area contributed by atoms with E-state index in [4.69, 9.17) is 16.3 Å². The minimum atomic E-state index is -0.457. The Hall–Kier alpha value is -1.01. The molecular formula is C15H19BrClN3O2. The normalized spacial score (nSPS) is 24.0. The van der Waals surface area contributed by atoms with E-state index in [0.717, 1.165) is 29.8 Å². The molecule has 120 valence electrons. The number of pyridine rings is 1. The van der Waals surface area contributed by atoms with Crippen LogP contribution in [0.1, 0.15) is 27.2 Å². The van der Waals surface area contributed by atoms with Crippen molar-refractivity contribution in [2.75, 3.05) is 18.0 Å². The van der Waals surface area contributed by atoms with Gasteiger partial charge in [0.05, 0.1) is 21.6 Å². The number of hydrogen-bond donors (Lipinski definition) is 0. The molecular weight excluding hydrogens is 370 g/mol. The van der Waals surface area contributed by atoms with Gasteiger partial charge in [-0.3, -0.25) is 4.90 Å². The molecule has 4 rings (SSSR count). The highest BCUT2D eigenvalue weighted by Gasteiger charge is 2.49. The molecule has 7 heteroatoms. The molecule has 1 aromatic heterocycles. The average Bonchev–Trinajstić information content (AvgIpc) is 2.39. The molecule has 5 nitrogen and oxygen atoms in total. The van der Waals surface area contributed by atoms with Crippen LogP contribution < -0.4 is 4.90 Å². The van der Waals surface area contributed by atoms with Gasteiger partial charge in [0.25, 0.3) is 0 Å². The van der Waals surface area contributed by atoms with Gasteiger partial charge in [-0.1, -0.05) is 11.6 Å². The van der Waals surface area contributed by atoms with Gasteiger partial charge in [-0.25, -0.2) is 9.78 Å². The van der Waals surface area contributed by atoms with Gasteiger partial charge >= 0.3 is 6.09 Å². The maximum Gasteiger partial charge on any atom is 0.410 e. The van der Waals surface area contributed by atoms with Crippen molar-refractivity contribution in [3.8, 4) is 0 Å². The van der Waals surface area contributed by atoms with E-state index in [1.807, 2.05) is 31.7 Å². The Bertz CT molecular complexity index is 593. The Labute approximate surface area is 143 Å². The molecule has 1 amide bonds. The lowest BCUT2D eigenvalue weighted by atomic mass is 9.88. The van der Waals surface area contributed by atoms with Crippen molar-refractivity contribution in [3.63, 3.8) is 0 Å². The van der Waals surface area contributed by atoms with Crippen LogP contribution in [0.3, 0.4) is 0 Å². The summed E-state index contributed by atoms with van der Waals surface area (Å²) in [5.74, 6) is 0.853. The summed E-state index contributed by atoms with van der Waals surface area (Å²) < 4.78 is 6.27. The number of nitrogens with zero attached hydrogens (tertiary/aromatic N) is 3. The van der Waals surface area contributed by atoms with Crippen molar-refractivity contribution in [1.29, 1.82) is 0 Å². The third-order valence-electron chi connectivity index (χ3n) is 3.92. The van der Waals surface area contributed by atoms with E-state index in [1.165, 1.54) is 0 Å². The summed E-state index contributed by atoms with van der Waals surface area (Å²) in [5.41, 5.74) is -0.457. The maximum absolute atomic E-state index is 12.2. The van der Waals surface area contributed by atoms with Crippen molar-refractivity contribution >= 4 is 39.4 Å². The number of anilines is 1. The summed E-state index contributed by atoms with van der Waals surface area (Å²) >= 11 is 9.48. The van der Waals surface area contributed by atoms with Crippen LogP contribution >= 0.6 is 27.5 Å². The number of amides is 1. The fraction of sp³-hybridized carbons (Fsp3) is 0.600. The highest BCUT2D eigenvalue weighted by molar-refractivity contribution is 9.10. The van der Waals surface area contributed by atoms with Crippen LogP contribution in [0, 0.1) is 0 Å².